The summed E-state index contributed by atoms with van der Waals surface area (Å²) >= 11 is 0. The van der Waals surface area contributed by atoms with Gasteiger partial charge in [0.2, 0.25) is 10.0 Å². The van der Waals surface area contributed by atoms with Crippen molar-refractivity contribution in [3.63, 3.8) is 0 Å². The fourth-order valence-corrected chi connectivity index (χ4v) is 4.11. The van der Waals surface area contributed by atoms with Gasteiger partial charge in [-0.2, -0.15) is 4.31 Å². The second kappa shape index (κ2) is 6.09. The van der Waals surface area contributed by atoms with Gasteiger partial charge in [0, 0.05) is 19.6 Å². The summed E-state index contributed by atoms with van der Waals surface area (Å²) in [6.07, 6.45) is -0.470. The van der Waals surface area contributed by atoms with E-state index >= 15 is 0 Å². The van der Waals surface area contributed by atoms with Crippen molar-refractivity contribution in [2.24, 2.45) is 0 Å². The van der Waals surface area contributed by atoms with E-state index in [0.29, 0.717) is 5.69 Å². The Labute approximate surface area is 119 Å². The van der Waals surface area contributed by atoms with E-state index in [1.807, 2.05) is 0 Å². The summed E-state index contributed by atoms with van der Waals surface area (Å²) in [5.41, 5.74) is 0.562. The maximum absolute atomic E-state index is 12.8. The minimum Gasteiger partial charge on any atom is -0.394 e. The van der Waals surface area contributed by atoms with E-state index in [9.17, 15) is 13.5 Å². The summed E-state index contributed by atoms with van der Waals surface area (Å²) in [6, 6.07) is 6.53. The molecule has 0 saturated carbocycles. The zero-order valence-electron chi connectivity index (χ0n) is 11.6. The van der Waals surface area contributed by atoms with Gasteiger partial charge in [-0.25, -0.2) is 8.42 Å². The SMILES string of the molecule is CNc1ccccc1S(=O)(=O)N1CC(CO)OCC1C. The molecule has 2 rings (SSSR count). The van der Waals surface area contributed by atoms with Crippen molar-refractivity contribution >= 4 is 15.7 Å². The number of hydrogen-bond donors (Lipinski definition) is 2. The zero-order chi connectivity index (χ0) is 14.8. The summed E-state index contributed by atoms with van der Waals surface area (Å²) in [5, 5.41) is 12.1. The van der Waals surface area contributed by atoms with E-state index in [-0.39, 0.29) is 30.7 Å². The van der Waals surface area contributed by atoms with Gasteiger partial charge in [0.15, 0.2) is 0 Å². The van der Waals surface area contributed by atoms with Crippen LogP contribution in [0.15, 0.2) is 29.2 Å². The average molecular weight is 300 g/mol. The number of nitrogens with zero attached hydrogens (tertiary/aromatic N) is 1. The first-order chi connectivity index (χ1) is 9.50. The summed E-state index contributed by atoms with van der Waals surface area (Å²) in [5.74, 6) is 0. The topological polar surface area (TPSA) is 78.9 Å². The first-order valence-corrected chi connectivity index (χ1v) is 7.95. The largest absolute Gasteiger partial charge is 0.394 e. The van der Waals surface area contributed by atoms with E-state index in [1.54, 1.807) is 38.2 Å². The van der Waals surface area contributed by atoms with Crippen LogP contribution in [-0.2, 0) is 14.8 Å². The maximum atomic E-state index is 12.8. The molecule has 1 fully saturated rings. The lowest BCUT2D eigenvalue weighted by molar-refractivity contribution is -0.0516. The first kappa shape index (κ1) is 15.2. The molecule has 0 radical (unpaired) electrons. The number of nitrogens with one attached hydrogen (secondary N) is 1. The van der Waals surface area contributed by atoms with E-state index in [1.165, 1.54) is 4.31 Å². The molecule has 1 aromatic rings. The lowest BCUT2D eigenvalue weighted by Crippen LogP contribution is -2.51. The van der Waals surface area contributed by atoms with Gasteiger partial charge >= 0.3 is 0 Å². The van der Waals surface area contributed by atoms with Crippen LogP contribution in [0, 0.1) is 0 Å². The molecule has 2 unspecified atom stereocenters. The van der Waals surface area contributed by atoms with Crippen LogP contribution in [0.25, 0.3) is 0 Å². The normalized spacial score (nSPS) is 24.6. The maximum Gasteiger partial charge on any atom is 0.245 e. The molecule has 1 saturated heterocycles. The number of rotatable bonds is 4. The van der Waals surface area contributed by atoms with Gasteiger partial charge in [0.1, 0.15) is 4.90 Å². The van der Waals surface area contributed by atoms with Gasteiger partial charge in [0.25, 0.3) is 0 Å². The van der Waals surface area contributed by atoms with Gasteiger partial charge in [-0.05, 0) is 19.1 Å². The van der Waals surface area contributed by atoms with Crippen molar-refractivity contribution in [2.75, 3.05) is 32.1 Å². The minimum atomic E-state index is -3.62. The Balaban J connectivity index is 2.38. The van der Waals surface area contributed by atoms with Gasteiger partial charge in [-0.1, -0.05) is 12.1 Å². The van der Waals surface area contributed by atoms with Crippen LogP contribution in [0.3, 0.4) is 0 Å². The lowest BCUT2D eigenvalue weighted by Gasteiger charge is -2.36. The Morgan fingerprint density at radius 2 is 2.15 bits per heavy atom. The predicted molar refractivity (Wildman–Crippen MR) is 76.2 cm³/mol. The predicted octanol–water partition coefficient (Wildman–Crippen LogP) is 0.499. The summed E-state index contributed by atoms with van der Waals surface area (Å²) in [6.45, 7) is 2.06. The summed E-state index contributed by atoms with van der Waals surface area (Å²) in [7, 11) is -1.93. The number of aliphatic hydroxyl groups is 1. The lowest BCUT2D eigenvalue weighted by atomic mass is 10.2. The number of ether oxygens (including phenoxy) is 1. The van der Waals surface area contributed by atoms with Crippen LogP contribution in [0.2, 0.25) is 0 Å². The highest BCUT2D eigenvalue weighted by Crippen LogP contribution is 2.27. The molecule has 0 aromatic heterocycles. The fraction of sp³-hybridized carbons (Fsp3) is 0.538. The number of anilines is 1. The molecule has 1 aromatic carbocycles. The highest BCUT2D eigenvalue weighted by Gasteiger charge is 2.36. The molecule has 20 heavy (non-hydrogen) atoms. The summed E-state index contributed by atoms with van der Waals surface area (Å²) in [4.78, 5) is 0.243. The Morgan fingerprint density at radius 3 is 2.80 bits per heavy atom. The van der Waals surface area contributed by atoms with Gasteiger partial charge < -0.3 is 15.2 Å². The van der Waals surface area contributed by atoms with Crippen molar-refractivity contribution in [1.82, 2.24) is 4.31 Å². The Morgan fingerprint density at radius 1 is 1.45 bits per heavy atom. The third-order valence-corrected chi connectivity index (χ3v) is 5.43. The molecule has 0 spiro atoms. The van der Waals surface area contributed by atoms with E-state index in [0.717, 1.165) is 0 Å². The van der Waals surface area contributed by atoms with E-state index in [2.05, 4.69) is 5.32 Å². The van der Waals surface area contributed by atoms with Crippen molar-refractivity contribution in [3.8, 4) is 0 Å². The molecule has 1 heterocycles. The molecular weight excluding hydrogens is 280 g/mol. The Bertz CT molecular complexity index is 561. The molecule has 0 aliphatic carbocycles. The van der Waals surface area contributed by atoms with Crippen molar-refractivity contribution in [1.29, 1.82) is 0 Å². The number of aliphatic hydroxyl groups excluding tert-OH is 1. The highest BCUT2D eigenvalue weighted by atomic mass is 32.2. The number of benzene rings is 1. The molecule has 112 valence electrons. The second-order valence-electron chi connectivity index (χ2n) is 4.81. The van der Waals surface area contributed by atoms with E-state index in [4.69, 9.17) is 4.74 Å². The molecule has 2 N–H and O–H groups in total. The first-order valence-electron chi connectivity index (χ1n) is 6.51. The van der Waals surface area contributed by atoms with Crippen molar-refractivity contribution in [3.05, 3.63) is 24.3 Å². The number of sulfonamides is 1. The quantitative estimate of drug-likeness (QED) is 0.846. The van der Waals surface area contributed by atoms with Gasteiger partial charge in [-0.3, -0.25) is 0 Å². The van der Waals surface area contributed by atoms with Crippen LogP contribution in [0.4, 0.5) is 5.69 Å². The summed E-state index contributed by atoms with van der Waals surface area (Å²) < 4.78 is 32.4. The van der Waals surface area contributed by atoms with Crippen LogP contribution in [-0.4, -0.2) is 56.8 Å². The highest BCUT2D eigenvalue weighted by molar-refractivity contribution is 7.89. The monoisotopic (exact) mass is 300 g/mol. The molecule has 6 nitrogen and oxygen atoms in total. The van der Waals surface area contributed by atoms with Crippen LogP contribution in [0.5, 0.6) is 0 Å². The third kappa shape index (κ3) is 2.80. The molecular formula is C13H20N2O4S. The smallest absolute Gasteiger partial charge is 0.245 e. The molecule has 1 aliphatic rings. The van der Waals surface area contributed by atoms with Gasteiger partial charge in [-0.15, -0.1) is 0 Å². The standard InChI is InChI=1S/C13H20N2O4S/c1-10-9-19-11(8-16)7-15(10)20(17,18)13-6-4-3-5-12(13)14-2/h3-6,10-11,14,16H,7-9H2,1-2H3. The second-order valence-corrected chi connectivity index (χ2v) is 6.67. The molecule has 2 atom stereocenters. The van der Waals surface area contributed by atoms with Gasteiger partial charge in [0.05, 0.1) is 25.0 Å². The van der Waals surface area contributed by atoms with Crippen molar-refractivity contribution < 1.29 is 18.3 Å². The van der Waals surface area contributed by atoms with Crippen molar-refractivity contribution in [2.45, 2.75) is 24.0 Å². The zero-order valence-corrected chi connectivity index (χ0v) is 12.4. The Hall–Kier alpha value is -1.15. The molecule has 7 heteroatoms. The average Bonchev–Trinajstić information content (AvgIpc) is 2.47. The molecule has 0 bridgehead atoms. The number of morpholine rings is 1. The number of para-hydroxylation sites is 1. The van der Waals surface area contributed by atoms with Crippen LogP contribution in [0.1, 0.15) is 6.92 Å². The number of hydrogen-bond acceptors (Lipinski definition) is 5. The third-order valence-electron chi connectivity index (χ3n) is 3.39. The Kier molecular flexibility index (Phi) is 4.64. The molecule has 1 aliphatic heterocycles. The van der Waals surface area contributed by atoms with E-state index < -0.39 is 16.1 Å². The molecule has 0 amide bonds. The fourth-order valence-electron chi connectivity index (χ4n) is 2.26. The van der Waals surface area contributed by atoms with Crippen LogP contribution < -0.4 is 5.32 Å². The van der Waals surface area contributed by atoms with Crippen LogP contribution >= 0.6 is 0 Å². The minimum absolute atomic E-state index is 0.165.